The Morgan fingerprint density at radius 1 is 0.923 bits per heavy atom. The molecule has 0 unspecified atom stereocenters. The van der Waals surface area contributed by atoms with Gasteiger partial charge in [-0.15, -0.1) is 0 Å². The number of thioether (sulfide) groups is 1. The second kappa shape index (κ2) is 12.7. The molecule has 1 amide bonds. The summed E-state index contributed by atoms with van der Waals surface area (Å²) in [4.78, 5) is 22.5. The summed E-state index contributed by atoms with van der Waals surface area (Å²) >= 11 is -0.136. The van der Waals surface area contributed by atoms with E-state index >= 15 is 0 Å². The Bertz CT molecular complexity index is 1060. The van der Waals surface area contributed by atoms with Gasteiger partial charge in [-0.25, -0.2) is 4.98 Å². The van der Waals surface area contributed by atoms with Gasteiger partial charge < -0.3 is 15.1 Å². The quantitative estimate of drug-likeness (QED) is 0.321. The van der Waals surface area contributed by atoms with E-state index < -0.39 is 17.4 Å². The van der Waals surface area contributed by atoms with Crippen molar-refractivity contribution in [2.45, 2.75) is 48.3 Å². The Labute approximate surface area is 227 Å². The summed E-state index contributed by atoms with van der Waals surface area (Å²) in [5, 5.41) is 3.35. The molecule has 3 heterocycles. The monoisotopic (exact) mass is 575 g/mol. The molecule has 0 atom stereocenters. The minimum atomic E-state index is -4.45. The molecule has 1 aromatic heterocycles. The van der Waals surface area contributed by atoms with Crippen LogP contribution in [0.3, 0.4) is 0 Å². The zero-order valence-corrected chi connectivity index (χ0v) is 22.1. The topological polar surface area (TPSA) is 51.7 Å². The summed E-state index contributed by atoms with van der Waals surface area (Å²) in [6, 6.07) is 8.81. The van der Waals surface area contributed by atoms with E-state index in [9.17, 15) is 31.1 Å². The zero-order chi connectivity index (χ0) is 28.0. The molecule has 2 saturated heterocycles. The first-order valence-corrected chi connectivity index (χ1v) is 13.7. The van der Waals surface area contributed by atoms with Gasteiger partial charge in [-0.3, -0.25) is 9.69 Å². The molecule has 0 spiro atoms. The van der Waals surface area contributed by atoms with E-state index in [0.717, 1.165) is 50.7 Å². The first-order valence-electron chi connectivity index (χ1n) is 12.9. The van der Waals surface area contributed by atoms with Crippen LogP contribution in [-0.4, -0.2) is 78.1 Å². The van der Waals surface area contributed by atoms with Gasteiger partial charge in [-0.05, 0) is 74.0 Å². The molecule has 1 aromatic carbocycles. The SMILES string of the molecule is O=C(CCCN1CCN(c2ccc(C(F)(F)F)nc2)CC1)N1CCC(Nc2ccc(SC(F)(F)F)cc2)CC1. The molecule has 1 N–H and O–H groups in total. The van der Waals surface area contributed by atoms with Gasteiger partial charge in [0.05, 0.1) is 11.9 Å². The number of piperidine rings is 1. The average molecular weight is 576 g/mol. The molecule has 0 saturated carbocycles. The molecule has 13 heteroatoms. The van der Waals surface area contributed by atoms with Crippen LogP contribution in [0.2, 0.25) is 0 Å². The molecule has 2 aliphatic heterocycles. The van der Waals surface area contributed by atoms with Gasteiger partial charge >= 0.3 is 11.7 Å². The standard InChI is InChI=1S/C26H31F6N5OS/c27-25(28,29)23-8-5-21(18-33-23)36-16-14-35(15-17-36)11-1-2-24(38)37-12-9-20(10-13-37)34-19-3-6-22(7-4-19)39-26(30,31)32/h3-8,18,20,34H,1-2,9-17H2. The minimum Gasteiger partial charge on any atom is -0.382 e. The lowest BCUT2D eigenvalue weighted by Gasteiger charge is -2.36. The van der Waals surface area contributed by atoms with Crippen LogP contribution in [0.4, 0.5) is 37.7 Å². The number of benzene rings is 1. The maximum Gasteiger partial charge on any atom is 0.446 e. The van der Waals surface area contributed by atoms with E-state index in [4.69, 9.17) is 0 Å². The van der Waals surface area contributed by atoms with Gasteiger partial charge in [0.1, 0.15) is 5.69 Å². The number of likely N-dealkylation sites (tertiary alicyclic amines) is 1. The van der Waals surface area contributed by atoms with Gasteiger partial charge in [0, 0.05) is 62.3 Å². The number of amides is 1. The van der Waals surface area contributed by atoms with Crippen LogP contribution in [0.5, 0.6) is 0 Å². The van der Waals surface area contributed by atoms with Crippen molar-refractivity contribution >= 4 is 29.0 Å². The Morgan fingerprint density at radius 2 is 1.59 bits per heavy atom. The number of hydrogen-bond donors (Lipinski definition) is 1. The Kier molecular flexibility index (Phi) is 9.52. The lowest BCUT2D eigenvalue weighted by molar-refractivity contribution is -0.141. The van der Waals surface area contributed by atoms with Crippen LogP contribution < -0.4 is 10.2 Å². The van der Waals surface area contributed by atoms with Crippen molar-refractivity contribution in [2.24, 2.45) is 0 Å². The van der Waals surface area contributed by atoms with Crippen LogP contribution in [-0.2, 0) is 11.0 Å². The number of carbonyl (C=O) groups excluding carboxylic acids is 1. The Hall–Kier alpha value is -2.67. The van der Waals surface area contributed by atoms with Crippen molar-refractivity contribution in [3.63, 3.8) is 0 Å². The number of nitrogens with one attached hydrogen (secondary N) is 1. The van der Waals surface area contributed by atoms with E-state index in [0.29, 0.717) is 38.3 Å². The van der Waals surface area contributed by atoms with Crippen molar-refractivity contribution in [2.75, 3.05) is 56.0 Å². The summed E-state index contributed by atoms with van der Waals surface area (Å²) in [7, 11) is 0. The van der Waals surface area contributed by atoms with Crippen LogP contribution in [0.1, 0.15) is 31.4 Å². The number of alkyl halides is 6. The highest BCUT2D eigenvalue weighted by Gasteiger charge is 2.32. The van der Waals surface area contributed by atoms with E-state index in [1.165, 1.54) is 24.4 Å². The maximum atomic E-state index is 12.7. The molecule has 2 fully saturated rings. The molecule has 214 valence electrons. The lowest BCUT2D eigenvalue weighted by atomic mass is 10.0. The Morgan fingerprint density at radius 3 is 2.15 bits per heavy atom. The summed E-state index contributed by atoms with van der Waals surface area (Å²) in [5.41, 5.74) is -3.76. The number of halogens is 6. The molecule has 6 nitrogen and oxygen atoms in total. The fourth-order valence-corrected chi connectivity index (χ4v) is 5.38. The second-order valence-corrected chi connectivity index (χ2v) is 10.8. The minimum absolute atomic E-state index is 0.122. The zero-order valence-electron chi connectivity index (χ0n) is 21.3. The second-order valence-electron chi connectivity index (χ2n) is 9.70. The summed E-state index contributed by atoms with van der Waals surface area (Å²) in [6.45, 7) is 4.96. The predicted octanol–water partition coefficient (Wildman–Crippen LogP) is 5.72. The van der Waals surface area contributed by atoms with Crippen molar-refractivity contribution in [1.82, 2.24) is 14.8 Å². The molecule has 2 aromatic rings. The van der Waals surface area contributed by atoms with E-state index in [2.05, 4.69) is 15.2 Å². The number of carbonyl (C=O) groups is 1. The fraction of sp³-hybridized carbons (Fsp3) is 0.538. The third-order valence-corrected chi connectivity index (χ3v) is 7.69. The van der Waals surface area contributed by atoms with Gasteiger partial charge in [0.15, 0.2) is 0 Å². The third kappa shape index (κ3) is 8.92. The van der Waals surface area contributed by atoms with Crippen molar-refractivity contribution in [1.29, 1.82) is 0 Å². The highest BCUT2D eigenvalue weighted by molar-refractivity contribution is 8.00. The summed E-state index contributed by atoms with van der Waals surface area (Å²) < 4.78 is 75.6. The van der Waals surface area contributed by atoms with Crippen molar-refractivity contribution in [3.05, 3.63) is 48.3 Å². The normalized spacial score (nSPS) is 17.9. The average Bonchev–Trinajstić information content (AvgIpc) is 2.89. The lowest BCUT2D eigenvalue weighted by Crippen LogP contribution is -2.47. The number of pyridine rings is 1. The molecule has 4 rings (SSSR count). The highest BCUT2D eigenvalue weighted by Crippen LogP contribution is 2.37. The van der Waals surface area contributed by atoms with Crippen LogP contribution >= 0.6 is 11.8 Å². The van der Waals surface area contributed by atoms with Gasteiger partial charge in [0.25, 0.3) is 0 Å². The van der Waals surface area contributed by atoms with Gasteiger partial charge in [-0.2, -0.15) is 26.3 Å². The highest BCUT2D eigenvalue weighted by atomic mass is 32.2. The van der Waals surface area contributed by atoms with Crippen LogP contribution in [0.15, 0.2) is 47.5 Å². The van der Waals surface area contributed by atoms with Gasteiger partial charge in [-0.1, -0.05) is 0 Å². The number of hydrogen-bond acceptors (Lipinski definition) is 6. The molecule has 0 bridgehead atoms. The summed E-state index contributed by atoms with van der Waals surface area (Å²) in [5.74, 6) is 0.122. The van der Waals surface area contributed by atoms with Crippen molar-refractivity contribution in [3.8, 4) is 0 Å². The number of nitrogens with zero attached hydrogens (tertiary/aromatic N) is 4. The molecular formula is C26H31F6N5OS. The van der Waals surface area contributed by atoms with E-state index in [1.807, 2.05) is 9.80 Å². The molecule has 2 aliphatic rings. The van der Waals surface area contributed by atoms with E-state index in [1.54, 1.807) is 12.1 Å². The number of piperazine rings is 1. The Balaban J connectivity index is 1.11. The largest absolute Gasteiger partial charge is 0.446 e. The van der Waals surface area contributed by atoms with Gasteiger partial charge in [0.2, 0.25) is 5.91 Å². The first kappa shape index (κ1) is 29.3. The van der Waals surface area contributed by atoms with Crippen molar-refractivity contribution < 1.29 is 31.1 Å². The number of anilines is 2. The molecule has 0 aliphatic carbocycles. The predicted molar refractivity (Wildman–Crippen MR) is 139 cm³/mol. The van der Waals surface area contributed by atoms with E-state index in [-0.39, 0.29) is 28.6 Å². The third-order valence-electron chi connectivity index (χ3n) is 6.95. The number of rotatable bonds is 8. The maximum absolute atomic E-state index is 12.7. The molecule has 0 radical (unpaired) electrons. The first-order chi connectivity index (χ1) is 18.5. The smallest absolute Gasteiger partial charge is 0.382 e. The number of aromatic nitrogens is 1. The molecular weight excluding hydrogens is 544 g/mol. The fourth-order valence-electron chi connectivity index (χ4n) is 4.84. The molecule has 39 heavy (non-hydrogen) atoms. The summed E-state index contributed by atoms with van der Waals surface area (Å²) in [6.07, 6.45) is -0.445. The van der Waals surface area contributed by atoms with Crippen LogP contribution in [0.25, 0.3) is 0 Å². The van der Waals surface area contributed by atoms with Crippen LogP contribution in [0, 0.1) is 0 Å².